The summed E-state index contributed by atoms with van der Waals surface area (Å²) < 4.78 is 0. The highest BCUT2D eigenvalue weighted by Crippen LogP contribution is 2.22. The van der Waals surface area contributed by atoms with Gasteiger partial charge in [-0.2, -0.15) is 0 Å². The van der Waals surface area contributed by atoms with E-state index in [4.69, 9.17) is 39.9 Å². The molecule has 12 heavy (non-hydrogen) atoms. The van der Waals surface area contributed by atoms with Crippen LogP contribution in [0, 0.1) is 0 Å². The van der Waals surface area contributed by atoms with Gasteiger partial charge in [0.15, 0.2) is 0 Å². The molecular weight excluding hydrogens is 222 g/mol. The molecule has 0 bridgehead atoms. The van der Waals surface area contributed by atoms with Crippen molar-refractivity contribution < 1.29 is 5.11 Å². The van der Waals surface area contributed by atoms with E-state index in [0.717, 1.165) is 0 Å². The Bertz CT molecular complexity index is 269. The van der Waals surface area contributed by atoms with Gasteiger partial charge in [0, 0.05) is 18.6 Å². The molecule has 0 fully saturated rings. The molecule has 0 aliphatic rings. The molecule has 0 atom stereocenters. The van der Waals surface area contributed by atoms with Gasteiger partial charge >= 0.3 is 0 Å². The van der Waals surface area contributed by atoms with Gasteiger partial charge in [-0.15, -0.1) is 0 Å². The maximum atomic E-state index is 8.63. The predicted molar refractivity (Wildman–Crippen MR) is 47.9 cm³/mol. The van der Waals surface area contributed by atoms with Crippen molar-refractivity contribution in [2.45, 2.75) is 6.42 Å². The number of aliphatic hydroxyl groups excluding tert-OH is 1. The minimum atomic E-state index is -0.0512. The van der Waals surface area contributed by atoms with Crippen LogP contribution in [0.15, 0.2) is 0 Å². The van der Waals surface area contributed by atoms with E-state index in [-0.39, 0.29) is 22.2 Å². The first-order valence-corrected chi connectivity index (χ1v) is 4.27. The molecule has 0 radical (unpaired) electrons. The fraction of sp³-hybridized carbons (Fsp3) is 0.333. The summed E-state index contributed by atoms with van der Waals surface area (Å²) in [6.45, 7) is -0.0512. The van der Waals surface area contributed by atoms with E-state index in [1.807, 2.05) is 0 Å². The number of hydrogen-bond acceptors (Lipinski definition) is 3. The van der Waals surface area contributed by atoms with Gasteiger partial charge < -0.3 is 5.11 Å². The van der Waals surface area contributed by atoms with Crippen molar-refractivity contribution >= 4 is 34.8 Å². The average Bonchev–Trinajstić information content (AvgIpc) is 1.96. The van der Waals surface area contributed by atoms with E-state index in [0.29, 0.717) is 12.0 Å². The Labute approximate surface area is 84.3 Å². The molecule has 0 saturated carbocycles. The summed E-state index contributed by atoms with van der Waals surface area (Å²) in [6, 6.07) is 0. The number of aromatic nitrogens is 2. The quantitative estimate of drug-likeness (QED) is 0.621. The summed E-state index contributed by atoms with van der Waals surface area (Å²) in [7, 11) is 0. The lowest BCUT2D eigenvalue weighted by Gasteiger charge is -2.02. The minimum absolute atomic E-state index is 0.00619. The summed E-state index contributed by atoms with van der Waals surface area (Å²) in [5.74, 6) is 0. The van der Waals surface area contributed by atoms with Crippen molar-refractivity contribution in [3.63, 3.8) is 0 Å². The highest BCUT2D eigenvalue weighted by atomic mass is 35.5. The molecule has 1 aromatic heterocycles. The number of hydrogen-bond donors (Lipinski definition) is 1. The van der Waals surface area contributed by atoms with Gasteiger partial charge in [0.1, 0.15) is 10.3 Å². The van der Waals surface area contributed by atoms with Gasteiger partial charge in [0.25, 0.3) is 0 Å². The fourth-order valence-corrected chi connectivity index (χ4v) is 1.56. The second kappa shape index (κ2) is 4.23. The van der Waals surface area contributed by atoms with Crippen LogP contribution in [0.2, 0.25) is 15.6 Å². The molecule has 3 nitrogen and oxygen atoms in total. The Hall–Kier alpha value is -0.0900. The maximum absolute atomic E-state index is 8.63. The maximum Gasteiger partial charge on any atom is 0.225 e. The smallest absolute Gasteiger partial charge is 0.225 e. The Morgan fingerprint density at radius 1 is 1.08 bits per heavy atom. The van der Waals surface area contributed by atoms with Crippen LogP contribution in [0.5, 0.6) is 0 Å². The topological polar surface area (TPSA) is 46.0 Å². The Balaban J connectivity index is 3.10. The third-order valence-corrected chi connectivity index (χ3v) is 2.03. The summed E-state index contributed by atoms with van der Waals surface area (Å²) in [5, 5.41) is 9.02. The van der Waals surface area contributed by atoms with E-state index < -0.39 is 0 Å². The second-order valence-electron chi connectivity index (χ2n) is 2.03. The minimum Gasteiger partial charge on any atom is -0.396 e. The van der Waals surface area contributed by atoms with Crippen LogP contribution < -0.4 is 0 Å². The first-order chi connectivity index (χ1) is 5.65. The van der Waals surface area contributed by atoms with E-state index >= 15 is 0 Å². The number of nitrogens with zero attached hydrogens (tertiary/aromatic N) is 2. The van der Waals surface area contributed by atoms with Gasteiger partial charge in [-0.3, -0.25) is 0 Å². The van der Waals surface area contributed by atoms with E-state index in [2.05, 4.69) is 9.97 Å². The summed E-state index contributed by atoms with van der Waals surface area (Å²) in [5.41, 5.74) is 0.519. The molecule has 1 heterocycles. The van der Waals surface area contributed by atoms with Crippen LogP contribution in [0.3, 0.4) is 0 Å². The SMILES string of the molecule is OCCc1c(Cl)nc(Cl)nc1Cl. The van der Waals surface area contributed by atoms with Crippen LogP contribution in [-0.2, 0) is 6.42 Å². The van der Waals surface area contributed by atoms with Crippen molar-refractivity contribution in [1.29, 1.82) is 0 Å². The first-order valence-electron chi connectivity index (χ1n) is 3.13. The molecule has 0 aromatic carbocycles. The fourth-order valence-electron chi connectivity index (χ4n) is 0.725. The van der Waals surface area contributed by atoms with Crippen LogP contribution in [0.25, 0.3) is 0 Å². The standard InChI is InChI=1S/C6H5Cl3N2O/c7-4-3(1-2-12)5(8)11-6(9)10-4/h12H,1-2H2. The molecule has 1 aromatic rings. The van der Waals surface area contributed by atoms with Gasteiger partial charge in [-0.1, -0.05) is 23.2 Å². The monoisotopic (exact) mass is 226 g/mol. The van der Waals surface area contributed by atoms with E-state index in [1.165, 1.54) is 0 Å². The lowest BCUT2D eigenvalue weighted by Crippen LogP contribution is -1.97. The summed E-state index contributed by atoms with van der Waals surface area (Å²) >= 11 is 16.8. The molecule has 1 N–H and O–H groups in total. The van der Waals surface area contributed by atoms with Crippen molar-refractivity contribution in [1.82, 2.24) is 9.97 Å². The lowest BCUT2D eigenvalue weighted by molar-refractivity contribution is 0.299. The zero-order valence-electron chi connectivity index (χ0n) is 5.89. The van der Waals surface area contributed by atoms with Crippen LogP contribution in [-0.4, -0.2) is 21.7 Å². The molecule has 0 amide bonds. The molecule has 6 heteroatoms. The Kier molecular flexibility index (Phi) is 3.53. The van der Waals surface area contributed by atoms with Gasteiger partial charge in [-0.25, -0.2) is 9.97 Å². The van der Waals surface area contributed by atoms with Gasteiger partial charge in [0.05, 0.1) is 0 Å². The molecule has 1 rings (SSSR count). The van der Waals surface area contributed by atoms with Crippen LogP contribution >= 0.6 is 34.8 Å². The van der Waals surface area contributed by atoms with E-state index in [9.17, 15) is 0 Å². The van der Waals surface area contributed by atoms with E-state index in [1.54, 1.807) is 0 Å². The molecule has 0 spiro atoms. The predicted octanol–water partition coefficient (Wildman–Crippen LogP) is 1.97. The van der Waals surface area contributed by atoms with Crippen molar-refractivity contribution in [2.75, 3.05) is 6.61 Å². The summed E-state index contributed by atoms with van der Waals surface area (Å²) in [4.78, 5) is 7.35. The van der Waals surface area contributed by atoms with Crippen molar-refractivity contribution in [2.24, 2.45) is 0 Å². The lowest BCUT2D eigenvalue weighted by atomic mass is 10.2. The van der Waals surface area contributed by atoms with Crippen molar-refractivity contribution in [3.8, 4) is 0 Å². The number of aliphatic hydroxyl groups is 1. The normalized spacial score (nSPS) is 10.3. The molecule has 0 unspecified atom stereocenters. The largest absolute Gasteiger partial charge is 0.396 e. The zero-order chi connectivity index (χ0) is 9.14. The average molecular weight is 227 g/mol. The Morgan fingerprint density at radius 3 is 2.00 bits per heavy atom. The highest BCUT2D eigenvalue weighted by Gasteiger charge is 2.09. The highest BCUT2D eigenvalue weighted by molar-refractivity contribution is 6.36. The molecule has 0 aliphatic heterocycles. The molecule has 0 saturated heterocycles. The number of halogens is 3. The Morgan fingerprint density at radius 2 is 1.58 bits per heavy atom. The second-order valence-corrected chi connectivity index (χ2v) is 3.08. The van der Waals surface area contributed by atoms with Crippen LogP contribution in [0.4, 0.5) is 0 Å². The molecule has 0 aliphatic carbocycles. The molecule has 66 valence electrons. The first kappa shape index (κ1) is 9.99. The summed E-state index contributed by atoms with van der Waals surface area (Å²) in [6.07, 6.45) is 0.328. The third kappa shape index (κ3) is 2.20. The van der Waals surface area contributed by atoms with Crippen molar-refractivity contribution in [3.05, 3.63) is 21.2 Å². The zero-order valence-corrected chi connectivity index (χ0v) is 8.16. The van der Waals surface area contributed by atoms with Gasteiger partial charge in [0.2, 0.25) is 5.28 Å². The molecular formula is C6H5Cl3N2O. The number of rotatable bonds is 2. The third-order valence-electron chi connectivity index (χ3n) is 1.24. The van der Waals surface area contributed by atoms with Gasteiger partial charge in [-0.05, 0) is 11.6 Å². The van der Waals surface area contributed by atoms with Crippen LogP contribution in [0.1, 0.15) is 5.56 Å².